The maximum Gasteiger partial charge on any atom is 0.289 e. The highest BCUT2D eigenvalue weighted by molar-refractivity contribution is 7.93. The molecular formula is C17H15N3O4S2. The Hall–Kier alpha value is -2.78. The molecule has 1 N–H and O–H groups in total. The van der Waals surface area contributed by atoms with E-state index >= 15 is 0 Å². The summed E-state index contributed by atoms with van der Waals surface area (Å²) in [6.07, 6.45) is 0. The molecule has 1 aromatic heterocycles. The highest BCUT2D eigenvalue weighted by atomic mass is 32.2. The highest BCUT2D eigenvalue weighted by Gasteiger charge is 2.26. The van der Waals surface area contributed by atoms with Crippen LogP contribution in [0.4, 0.5) is 10.8 Å². The molecule has 0 bridgehead atoms. The Morgan fingerprint density at radius 3 is 2.54 bits per heavy atom. The van der Waals surface area contributed by atoms with Crippen molar-refractivity contribution in [1.82, 2.24) is 4.98 Å². The van der Waals surface area contributed by atoms with Crippen molar-refractivity contribution < 1.29 is 13.3 Å². The van der Waals surface area contributed by atoms with Crippen molar-refractivity contribution in [3.8, 4) is 11.3 Å². The van der Waals surface area contributed by atoms with Crippen molar-refractivity contribution in [1.29, 1.82) is 0 Å². The van der Waals surface area contributed by atoms with Gasteiger partial charge in [-0.3, -0.25) is 14.8 Å². The Kier molecular flexibility index (Phi) is 4.75. The van der Waals surface area contributed by atoms with E-state index in [0.717, 1.165) is 34.1 Å². The molecule has 0 spiro atoms. The zero-order chi connectivity index (χ0) is 18.9. The van der Waals surface area contributed by atoms with Crippen molar-refractivity contribution in [2.24, 2.45) is 0 Å². The summed E-state index contributed by atoms with van der Waals surface area (Å²) in [6, 6.07) is 11.1. The molecule has 0 aliphatic rings. The van der Waals surface area contributed by atoms with E-state index in [0.29, 0.717) is 5.69 Å². The summed E-state index contributed by atoms with van der Waals surface area (Å²) in [5.41, 5.74) is 3.30. The Balaban J connectivity index is 1.91. The normalized spacial score (nSPS) is 11.3. The van der Waals surface area contributed by atoms with E-state index in [1.54, 1.807) is 5.38 Å². The van der Waals surface area contributed by atoms with Crippen LogP contribution < -0.4 is 4.72 Å². The summed E-state index contributed by atoms with van der Waals surface area (Å²) in [7, 11) is -4.12. The van der Waals surface area contributed by atoms with Crippen LogP contribution in [0.2, 0.25) is 0 Å². The third-order valence-electron chi connectivity index (χ3n) is 3.88. The number of aromatic nitrogens is 1. The van der Waals surface area contributed by atoms with Crippen LogP contribution in [-0.4, -0.2) is 18.3 Å². The molecule has 1 heterocycles. The molecule has 0 saturated carbocycles. The van der Waals surface area contributed by atoms with Gasteiger partial charge in [-0.2, -0.15) is 0 Å². The lowest BCUT2D eigenvalue weighted by atomic mass is 10.1. The van der Waals surface area contributed by atoms with Gasteiger partial charge < -0.3 is 0 Å². The minimum Gasteiger partial charge on any atom is -0.258 e. The third kappa shape index (κ3) is 3.58. The van der Waals surface area contributed by atoms with Crippen LogP contribution in [0.15, 0.2) is 52.7 Å². The van der Waals surface area contributed by atoms with Crippen molar-refractivity contribution in [3.63, 3.8) is 0 Å². The minimum absolute atomic E-state index is 0.149. The molecule has 0 aliphatic carbocycles. The van der Waals surface area contributed by atoms with Crippen molar-refractivity contribution >= 4 is 32.2 Å². The Labute approximate surface area is 154 Å². The first kappa shape index (κ1) is 18.0. The molecule has 0 aliphatic heterocycles. The second kappa shape index (κ2) is 6.85. The lowest BCUT2D eigenvalue weighted by Crippen LogP contribution is -2.14. The van der Waals surface area contributed by atoms with E-state index < -0.39 is 25.5 Å². The van der Waals surface area contributed by atoms with Crippen LogP contribution in [0.25, 0.3) is 11.3 Å². The van der Waals surface area contributed by atoms with Crippen molar-refractivity contribution in [3.05, 3.63) is 69.1 Å². The van der Waals surface area contributed by atoms with E-state index in [1.807, 2.05) is 32.0 Å². The SMILES string of the molecule is Cc1ccc(-c2csc(NS(=O)(=O)c3ccccc3[N+](=O)[O-])n2)cc1C. The molecule has 0 amide bonds. The van der Waals surface area contributed by atoms with Gasteiger partial charge in [0.2, 0.25) is 0 Å². The van der Waals surface area contributed by atoms with E-state index in [4.69, 9.17) is 0 Å². The quantitative estimate of drug-likeness (QED) is 0.522. The number of aryl methyl sites for hydroxylation is 2. The number of hydrogen-bond acceptors (Lipinski definition) is 6. The Morgan fingerprint density at radius 2 is 1.85 bits per heavy atom. The molecule has 26 heavy (non-hydrogen) atoms. The zero-order valence-corrected chi connectivity index (χ0v) is 15.6. The molecule has 3 aromatic rings. The Morgan fingerprint density at radius 1 is 1.12 bits per heavy atom. The van der Waals surface area contributed by atoms with Gasteiger partial charge in [-0.1, -0.05) is 24.3 Å². The lowest BCUT2D eigenvalue weighted by Gasteiger charge is -2.05. The first-order valence-electron chi connectivity index (χ1n) is 7.57. The number of nitro benzene ring substituents is 1. The standard InChI is InChI=1S/C17H15N3O4S2/c1-11-7-8-13(9-12(11)2)14-10-25-17(18-14)19-26(23,24)16-6-4-3-5-15(16)20(21)22/h3-10H,1-2H3,(H,18,19). The van der Waals surface area contributed by atoms with Gasteiger partial charge in [0.25, 0.3) is 15.7 Å². The molecule has 0 radical (unpaired) electrons. The summed E-state index contributed by atoms with van der Waals surface area (Å²) in [5, 5.41) is 13.0. The molecule has 3 rings (SSSR count). The minimum atomic E-state index is -4.12. The number of sulfonamides is 1. The fourth-order valence-corrected chi connectivity index (χ4v) is 4.50. The molecule has 0 fully saturated rings. The molecule has 9 heteroatoms. The smallest absolute Gasteiger partial charge is 0.258 e. The number of thiazole rings is 1. The van der Waals surface area contributed by atoms with Crippen LogP contribution in [0.3, 0.4) is 0 Å². The number of nitro groups is 1. The number of rotatable bonds is 5. The second-order valence-electron chi connectivity index (χ2n) is 5.67. The van der Waals surface area contributed by atoms with E-state index in [9.17, 15) is 18.5 Å². The van der Waals surface area contributed by atoms with Crippen molar-refractivity contribution in [2.75, 3.05) is 4.72 Å². The van der Waals surface area contributed by atoms with E-state index in [1.165, 1.54) is 18.2 Å². The van der Waals surface area contributed by atoms with Crippen LogP contribution >= 0.6 is 11.3 Å². The van der Waals surface area contributed by atoms with Gasteiger partial charge in [-0.25, -0.2) is 13.4 Å². The summed E-state index contributed by atoms with van der Waals surface area (Å²) in [6.45, 7) is 4.00. The van der Waals surface area contributed by atoms with E-state index in [2.05, 4.69) is 9.71 Å². The van der Waals surface area contributed by atoms with Gasteiger partial charge in [0, 0.05) is 17.0 Å². The molecule has 0 saturated heterocycles. The monoisotopic (exact) mass is 389 g/mol. The second-order valence-corrected chi connectivity index (χ2v) is 8.18. The molecular weight excluding hydrogens is 374 g/mol. The summed E-state index contributed by atoms with van der Waals surface area (Å²) >= 11 is 1.12. The van der Waals surface area contributed by atoms with Crippen LogP contribution in [0.1, 0.15) is 11.1 Å². The lowest BCUT2D eigenvalue weighted by molar-refractivity contribution is -0.387. The topological polar surface area (TPSA) is 102 Å². The summed E-state index contributed by atoms with van der Waals surface area (Å²) < 4.78 is 27.4. The number of benzene rings is 2. The maximum absolute atomic E-state index is 12.5. The van der Waals surface area contributed by atoms with E-state index in [-0.39, 0.29) is 5.13 Å². The molecule has 134 valence electrons. The van der Waals surface area contributed by atoms with Crippen LogP contribution in [0, 0.1) is 24.0 Å². The predicted molar refractivity (Wildman–Crippen MR) is 101 cm³/mol. The van der Waals surface area contributed by atoms with Gasteiger partial charge >= 0.3 is 0 Å². The number of anilines is 1. The van der Waals surface area contributed by atoms with Crippen LogP contribution in [0.5, 0.6) is 0 Å². The number of para-hydroxylation sites is 1. The molecule has 0 atom stereocenters. The van der Waals surface area contributed by atoms with Gasteiger partial charge in [0.15, 0.2) is 10.0 Å². The van der Waals surface area contributed by atoms with Gasteiger partial charge in [-0.15, -0.1) is 11.3 Å². The van der Waals surface area contributed by atoms with Gasteiger partial charge in [-0.05, 0) is 37.1 Å². The fourth-order valence-electron chi connectivity index (χ4n) is 2.36. The van der Waals surface area contributed by atoms with Gasteiger partial charge in [0.05, 0.1) is 10.6 Å². The molecule has 7 nitrogen and oxygen atoms in total. The third-order valence-corrected chi connectivity index (χ3v) is 6.15. The number of nitrogens with one attached hydrogen (secondary N) is 1. The Bertz CT molecular complexity index is 1090. The summed E-state index contributed by atoms with van der Waals surface area (Å²) in [4.78, 5) is 14.2. The first-order chi connectivity index (χ1) is 12.3. The largest absolute Gasteiger partial charge is 0.289 e. The molecule has 0 unspecified atom stereocenters. The predicted octanol–water partition coefficient (Wildman–Crippen LogP) is 4.14. The van der Waals surface area contributed by atoms with Crippen molar-refractivity contribution in [2.45, 2.75) is 18.7 Å². The van der Waals surface area contributed by atoms with Crippen LogP contribution in [-0.2, 0) is 10.0 Å². The number of hydrogen-bond donors (Lipinski definition) is 1. The number of nitrogens with zero attached hydrogens (tertiary/aromatic N) is 2. The van der Waals surface area contributed by atoms with Gasteiger partial charge in [0.1, 0.15) is 0 Å². The maximum atomic E-state index is 12.5. The molecule has 2 aromatic carbocycles. The highest BCUT2D eigenvalue weighted by Crippen LogP contribution is 2.29. The average molecular weight is 389 g/mol. The fraction of sp³-hybridized carbons (Fsp3) is 0.118. The zero-order valence-electron chi connectivity index (χ0n) is 14.0. The summed E-state index contributed by atoms with van der Waals surface area (Å²) in [5.74, 6) is 0. The average Bonchev–Trinajstić information content (AvgIpc) is 3.05. The first-order valence-corrected chi connectivity index (χ1v) is 9.93.